The molecular weight excluding hydrogens is 270 g/mol. The van der Waals surface area contributed by atoms with Crippen LogP contribution >= 0.6 is 0 Å². The first kappa shape index (κ1) is 15.5. The van der Waals surface area contributed by atoms with Crippen molar-refractivity contribution < 1.29 is 8.42 Å². The summed E-state index contributed by atoms with van der Waals surface area (Å²) in [5, 5.41) is 3.59. The van der Waals surface area contributed by atoms with Crippen LogP contribution in [0.2, 0.25) is 0 Å². The first-order valence-corrected chi connectivity index (χ1v) is 9.48. The van der Waals surface area contributed by atoms with Gasteiger partial charge in [-0.05, 0) is 36.8 Å². The SMILES string of the molecule is C[C@H](CN[C@H]1CCC[C@H]1c1ccccc1)CS(C)(=O)=O. The topological polar surface area (TPSA) is 46.2 Å². The maximum Gasteiger partial charge on any atom is 0.147 e. The van der Waals surface area contributed by atoms with Crippen LogP contribution in [0.3, 0.4) is 0 Å². The summed E-state index contributed by atoms with van der Waals surface area (Å²) in [6.45, 7) is 2.78. The number of hydrogen-bond acceptors (Lipinski definition) is 3. The normalized spacial score (nSPS) is 24.7. The zero-order valence-corrected chi connectivity index (χ0v) is 13.2. The molecule has 1 aliphatic rings. The molecule has 1 fully saturated rings. The Morgan fingerprint density at radius 1 is 1.25 bits per heavy atom. The summed E-state index contributed by atoms with van der Waals surface area (Å²) in [7, 11) is -2.87. The molecule has 0 radical (unpaired) electrons. The van der Waals surface area contributed by atoms with Gasteiger partial charge in [0.25, 0.3) is 0 Å². The molecular formula is C16H25NO2S. The van der Waals surface area contributed by atoms with E-state index in [1.807, 2.05) is 6.92 Å². The minimum absolute atomic E-state index is 0.169. The summed E-state index contributed by atoms with van der Waals surface area (Å²) in [4.78, 5) is 0. The monoisotopic (exact) mass is 295 g/mol. The standard InChI is InChI=1S/C16H25NO2S/c1-13(12-20(2,18)19)11-17-16-10-6-9-15(16)14-7-4-3-5-8-14/h3-5,7-8,13,15-17H,6,9-12H2,1-2H3/t13-,15+,16+/m1/s1. The van der Waals surface area contributed by atoms with E-state index in [0.717, 1.165) is 6.54 Å². The quantitative estimate of drug-likeness (QED) is 0.877. The van der Waals surface area contributed by atoms with Gasteiger partial charge in [-0.15, -0.1) is 0 Å². The molecule has 112 valence electrons. The Balaban J connectivity index is 1.89. The maximum atomic E-state index is 11.3. The van der Waals surface area contributed by atoms with Crippen molar-refractivity contribution in [3.05, 3.63) is 35.9 Å². The van der Waals surface area contributed by atoms with Crippen LogP contribution in [0.25, 0.3) is 0 Å². The predicted molar refractivity (Wildman–Crippen MR) is 83.7 cm³/mol. The van der Waals surface area contributed by atoms with Gasteiger partial charge >= 0.3 is 0 Å². The highest BCUT2D eigenvalue weighted by Crippen LogP contribution is 2.34. The van der Waals surface area contributed by atoms with E-state index in [0.29, 0.717) is 12.0 Å². The van der Waals surface area contributed by atoms with Crippen molar-refractivity contribution in [3.63, 3.8) is 0 Å². The summed E-state index contributed by atoms with van der Waals surface area (Å²) in [6, 6.07) is 11.1. The summed E-state index contributed by atoms with van der Waals surface area (Å²) >= 11 is 0. The Bertz CT molecular complexity index is 513. The average molecular weight is 295 g/mol. The highest BCUT2D eigenvalue weighted by Gasteiger charge is 2.28. The fraction of sp³-hybridized carbons (Fsp3) is 0.625. The summed E-state index contributed by atoms with van der Waals surface area (Å²) in [6.07, 6.45) is 4.97. The first-order valence-electron chi connectivity index (χ1n) is 7.42. The van der Waals surface area contributed by atoms with Crippen molar-refractivity contribution in [3.8, 4) is 0 Å². The van der Waals surface area contributed by atoms with Gasteiger partial charge in [0.1, 0.15) is 9.84 Å². The molecule has 0 spiro atoms. The van der Waals surface area contributed by atoms with Crippen molar-refractivity contribution in [1.82, 2.24) is 5.32 Å². The van der Waals surface area contributed by atoms with Crippen LogP contribution in [0.1, 0.15) is 37.7 Å². The van der Waals surface area contributed by atoms with Gasteiger partial charge in [-0.3, -0.25) is 0 Å². The average Bonchev–Trinajstić information content (AvgIpc) is 2.83. The van der Waals surface area contributed by atoms with E-state index in [1.165, 1.54) is 31.1 Å². The second kappa shape index (κ2) is 6.72. The smallest absolute Gasteiger partial charge is 0.147 e. The Morgan fingerprint density at radius 2 is 1.95 bits per heavy atom. The van der Waals surface area contributed by atoms with E-state index in [9.17, 15) is 8.42 Å². The third kappa shape index (κ3) is 4.60. The second-order valence-electron chi connectivity index (χ2n) is 6.16. The number of benzene rings is 1. The zero-order chi connectivity index (χ0) is 14.6. The molecule has 0 heterocycles. The van der Waals surface area contributed by atoms with Crippen LogP contribution in [-0.4, -0.2) is 33.0 Å². The van der Waals surface area contributed by atoms with Crippen LogP contribution < -0.4 is 5.32 Å². The van der Waals surface area contributed by atoms with E-state index >= 15 is 0 Å². The van der Waals surface area contributed by atoms with Gasteiger partial charge in [-0.1, -0.05) is 43.7 Å². The van der Waals surface area contributed by atoms with E-state index in [-0.39, 0.29) is 11.7 Å². The number of nitrogens with one attached hydrogen (secondary N) is 1. The fourth-order valence-corrected chi connectivity index (χ4v) is 4.38. The lowest BCUT2D eigenvalue weighted by molar-refractivity contribution is 0.438. The summed E-state index contributed by atoms with van der Waals surface area (Å²) < 4.78 is 22.6. The van der Waals surface area contributed by atoms with Crippen molar-refractivity contribution in [2.24, 2.45) is 5.92 Å². The lowest BCUT2D eigenvalue weighted by Crippen LogP contribution is -2.36. The molecule has 4 heteroatoms. The lowest BCUT2D eigenvalue weighted by atomic mass is 9.94. The molecule has 1 aromatic carbocycles. The van der Waals surface area contributed by atoms with Crippen LogP contribution in [0, 0.1) is 5.92 Å². The molecule has 0 aromatic heterocycles. The minimum atomic E-state index is -2.87. The van der Waals surface area contributed by atoms with Gasteiger partial charge in [0.2, 0.25) is 0 Å². The van der Waals surface area contributed by atoms with Crippen molar-refractivity contribution >= 4 is 9.84 Å². The number of hydrogen-bond donors (Lipinski definition) is 1. The second-order valence-corrected chi connectivity index (χ2v) is 8.35. The molecule has 0 amide bonds. The van der Waals surface area contributed by atoms with Crippen LogP contribution in [0.4, 0.5) is 0 Å². The number of rotatable bonds is 6. The maximum absolute atomic E-state index is 11.3. The van der Waals surface area contributed by atoms with Gasteiger partial charge in [0.05, 0.1) is 5.75 Å². The van der Waals surface area contributed by atoms with Gasteiger partial charge in [0.15, 0.2) is 0 Å². The summed E-state index contributed by atoms with van der Waals surface area (Å²) in [5.74, 6) is 1.01. The zero-order valence-electron chi connectivity index (χ0n) is 12.4. The van der Waals surface area contributed by atoms with E-state index in [4.69, 9.17) is 0 Å². The predicted octanol–water partition coefficient (Wildman–Crippen LogP) is 2.59. The van der Waals surface area contributed by atoms with Gasteiger partial charge in [-0.25, -0.2) is 8.42 Å². The third-order valence-corrected chi connectivity index (χ3v) is 5.23. The third-order valence-electron chi connectivity index (χ3n) is 4.06. The molecule has 0 bridgehead atoms. The molecule has 20 heavy (non-hydrogen) atoms. The van der Waals surface area contributed by atoms with Gasteiger partial charge in [0, 0.05) is 12.3 Å². The lowest BCUT2D eigenvalue weighted by Gasteiger charge is -2.23. The molecule has 1 aromatic rings. The molecule has 0 saturated heterocycles. The van der Waals surface area contributed by atoms with Crippen molar-refractivity contribution in [2.45, 2.75) is 38.1 Å². The minimum Gasteiger partial charge on any atom is -0.313 e. The van der Waals surface area contributed by atoms with Crippen LogP contribution in [0.15, 0.2) is 30.3 Å². The Hall–Kier alpha value is -0.870. The summed E-state index contributed by atoms with van der Waals surface area (Å²) in [5.41, 5.74) is 1.40. The molecule has 0 aliphatic heterocycles. The van der Waals surface area contributed by atoms with Crippen molar-refractivity contribution in [1.29, 1.82) is 0 Å². The molecule has 2 rings (SSSR count). The van der Waals surface area contributed by atoms with Crippen molar-refractivity contribution in [2.75, 3.05) is 18.6 Å². The molecule has 0 unspecified atom stereocenters. The Morgan fingerprint density at radius 3 is 2.60 bits per heavy atom. The highest BCUT2D eigenvalue weighted by atomic mass is 32.2. The van der Waals surface area contributed by atoms with E-state index in [2.05, 4.69) is 35.6 Å². The van der Waals surface area contributed by atoms with Gasteiger partial charge < -0.3 is 5.32 Å². The van der Waals surface area contributed by atoms with Crippen LogP contribution in [0.5, 0.6) is 0 Å². The molecule has 3 nitrogen and oxygen atoms in total. The Kier molecular flexibility index (Phi) is 5.22. The van der Waals surface area contributed by atoms with Gasteiger partial charge in [-0.2, -0.15) is 0 Å². The number of sulfone groups is 1. The largest absolute Gasteiger partial charge is 0.313 e. The molecule has 3 atom stereocenters. The van der Waals surface area contributed by atoms with Crippen LogP contribution in [-0.2, 0) is 9.84 Å². The van der Waals surface area contributed by atoms with E-state index < -0.39 is 9.84 Å². The van der Waals surface area contributed by atoms with E-state index in [1.54, 1.807) is 0 Å². The fourth-order valence-electron chi connectivity index (χ4n) is 3.23. The Labute approximate surface area is 122 Å². The highest BCUT2D eigenvalue weighted by molar-refractivity contribution is 7.90. The molecule has 1 N–H and O–H groups in total. The molecule has 1 saturated carbocycles. The molecule has 1 aliphatic carbocycles. The first-order chi connectivity index (χ1) is 9.46.